The molecule has 0 N–H and O–H groups in total. The Hall–Kier alpha value is -0.445. The smallest absolute Gasteiger partial charge is 0.445 e. The molecule has 0 bridgehead atoms. The van der Waals surface area contributed by atoms with Gasteiger partial charge in [0.05, 0.1) is 6.10 Å². The van der Waals surface area contributed by atoms with Crippen LogP contribution in [0.1, 0.15) is 39.0 Å². The molecule has 0 heterocycles. The molecule has 0 spiro atoms. The number of rotatable bonds is 5. The van der Waals surface area contributed by atoms with E-state index >= 15 is 0 Å². The lowest BCUT2D eigenvalue weighted by Crippen LogP contribution is -2.27. The van der Waals surface area contributed by atoms with E-state index < -0.39 is 12.4 Å². The summed E-state index contributed by atoms with van der Waals surface area (Å²) in [6.07, 6.45) is 5.11. The van der Waals surface area contributed by atoms with Gasteiger partial charge in [-0.3, -0.25) is 0 Å². The normalized spacial score (nSPS) is 26.8. The monoisotopic (exact) mass is 235 g/mol. The standard InChI is InChI=1S/C11H19BF3O/c1-3-10-5-4-6-11(7-10)16-8-9(2)12(13,14)15/h10-11H,2-8H2,1H3/q-1. The Labute approximate surface area is 95.1 Å². The molecule has 94 valence electrons. The third kappa shape index (κ3) is 4.20. The molecule has 2 unspecified atom stereocenters. The van der Waals surface area contributed by atoms with Crippen molar-refractivity contribution in [2.45, 2.75) is 45.1 Å². The third-order valence-electron chi connectivity index (χ3n) is 3.28. The Morgan fingerprint density at radius 1 is 1.38 bits per heavy atom. The van der Waals surface area contributed by atoms with Crippen molar-refractivity contribution in [2.75, 3.05) is 6.61 Å². The van der Waals surface area contributed by atoms with Gasteiger partial charge in [-0.15, -0.1) is 12.1 Å². The Bertz CT molecular complexity index is 240. The lowest BCUT2D eigenvalue weighted by Gasteiger charge is -2.29. The molecular weight excluding hydrogens is 216 g/mol. The molecule has 1 rings (SSSR count). The quantitative estimate of drug-likeness (QED) is 0.656. The van der Waals surface area contributed by atoms with E-state index in [4.69, 9.17) is 4.74 Å². The summed E-state index contributed by atoms with van der Waals surface area (Å²) < 4.78 is 42.0. The largest absolute Gasteiger partial charge is 0.507 e. The molecule has 0 aromatic heterocycles. The van der Waals surface area contributed by atoms with Gasteiger partial charge in [-0.1, -0.05) is 26.2 Å². The average molecular weight is 235 g/mol. The first-order valence-electron chi connectivity index (χ1n) is 5.92. The third-order valence-corrected chi connectivity index (χ3v) is 3.28. The minimum absolute atomic E-state index is 0.00593. The van der Waals surface area contributed by atoms with Crippen LogP contribution >= 0.6 is 0 Å². The Morgan fingerprint density at radius 3 is 2.62 bits per heavy atom. The summed E-state index contributed by atoms with van der Waals surface area (Å²) in [6.45, 7) is -0.150. The molecule has 0 aliphatic heterocycles. The summed E-state index contributed by atoms with van der Waals surface area (Å²) in [5, 5.41) is 0. The molecule has 1 nitrogen and oxygen atoms in total. The van der Waals surface area contributed by atoms with Crippen LogP contribution in [0.4, 0.5) is 12.9 Å². The molecule has 5 heteroatoms. The second-order valence-electron chi connectivity index (χ2n) is 4.61. The SMILES string of the molecule is C=C(COC1CCCC(CC)C1)[B-](F)(F)F. The maximum absolute atomic E-state index is 12.2. The van der Waals surface area contributed by atoms with Crippen molar-refractivity contribution in [3.05, 3.63) is 12.1 Å². The van der Waals surface area contributed by atoms with Gasteiger partial charge in [0.25, 0.3) is 0 Å². The van der Waals surface area contributed by atoms with Crippen LogP contribution in [0.5, 0.6) is 0 Å². The molecular formula is C11H19BF3O-. The van der Waals surface area contributed by atoms with Crippen LogP contribution < -0.4 is 0 Å². The Kier molecular flexibility index (Phi) is 4.90. The van der Waals surface area contributed by atoms with Gasteiger partial charge in [-0.2, -0.15) is 0 Å². The average Bonchev–Trinajstić information content (AvgIpc) is 2.25. The molecule has 1 saturated carbocycles. The van der Waals surface area contributed by atoms with E-state index in [9.17, 15) is 12.9 Å². The molecule has 0 saturated heterocycles. The number of ether oxygens (including phenoxy) is 1. The van der Waals surface area contributed by atoms with E-state index in [-0.39, 0.29) is 12.7 Å². The second kappa shape index (κ2) is 5.76. The zero-order chi connectivity index (χ0) is 12.2. The topological polar surface area (TPSA) is 9.23 Å². The van der Waals surface area contributed by atoms with Gasteiger partial charge in [0.15, 0.2) is 0 Å². The fourth-order valence-corrected chi connectivity index (χ4v) is 2.08. The van der Waals surface area contributed by atoms with Gasteiger partial charge < -0.3 is 17.7 Å². The first kappa shape index (κ1) is 13.6. The molecule has 0 radical (unpaired) electrons. The van der Waals surface area contributed by atoms with Crippen molar-refractivity contribution >= 4 is 6.98 Å². The predicted octanol–water partition coefficient (Wildman–Crippen LogP) is 3.91. The maximum Gasteiger partial charge on any atom is 0.507 e. The molecule has 1 aliphatic rings. The van der Waals surface area contributed by atoms with Crippen LogP contribution in [0.15, 0.2) is 12.1 Å². The summed E-state index contributed by atoms with van der Waals surface area (Å²) in [7, 11) is 0. The van der Waals surface area contributed by atoms with Gasteiger partial charge in [0.1, 0.15) is 0 Å². The summed E-state index contributed by atoms with van der Waals surface area (Å²) in [6, 6.07) is 0. The number of hydrogen-bond donors (Lipinski definition) is 0. The first-order valence-corrected chi connectivity index (χ1v) is 5.92. The van der Waals surface area contributed by atoms with E-state index in [1.54, 1.807) is 0 Å². The van der Waals surface area contributed by atoms with Crippen molar-refractivity contribution in [1.29, 1.82) is 0 Å². The number of halogens is 3. The summed E-state index contributed by atoms with van der Waals surface area (Å²) >= 11 is 0. The Balaban J connectivity index is 2.30. The van der Waals surface area contributed by atoms with Crippen molar-refractivity contribution in [3.8, 4) is 0 Å². The lowest BCUT2D eigenvalue weighted by molar-refractivity contribution is 0.0259. The number of hydrogen-bond acceptors (Lipinski definition) is 1. The zero-order valence-corrected chi connectivity index (χ0v) is 9.72. The molecule has 1 aliphatic carbocycles. The van der Waals surface area contributed by atoms with Crippen molar-refractivity contribution < 1.29 is 17.7 Å². The minimum Gasteiger partial charge on any atom is -0.445 e. The highest BCUT2D eigenvalue weighted by molar-refractivity contribution is 6.66. The molecule has 0 amide bonds. The van der Waals surface area contributed by atoms with E-state index in [2.05, 4.69) is 13.5 Å². The van der Waals surface area contributed by atoms with Crippen LogP contribution in [0, 0.1) is 5.92 Å². The molecule has 0 aromatic carbocycles. The zero-order valence-electron chi connectivity index (χ0n) is 9.72. The van der Waals surface area contributed by atoms with Crippen molar-refractivity contribution in [3.63, 3.8) is 0 Å². The molecule has 2 atom stereocenters. The summed E-state index contributed by atoms with van der Waals surface area (Å²) in [5.41, 5.74) is -0.723. The fourth-order valence-electron chi connectivity index (χ4n) is 2.08. The highest BCUT2D eigenvalue weighted by Gasteiger charge is 2.28. The van der Waals surface area contributed by atoms with Gasteiger partial charge in [0, 0.05) is 6.61 Å². The maximum atomic E-state index is 12.2. The minimum atomic E-state index is -4.94. The van der Waals surface area contributed by atoms with E-state index in [1.165, 1.54) is 6.42 Å². The van der Waals surface area contributed by atoms with Crippen LogP contribution in [-0.2, 0) is 4.74 Å². The van der Waals surface area contributed by atoms with Gasteiger partial charge >= 0.3 is 6.98 Å². The van der Waals surface area contributed by atoms with Gasteiger partial charge in [-0.05, 0) is 18.8 Å². The van der Waals surface area contributed by atoms with Crippen molar-refractivity contribution in [1.82, 2.24) is 0 Å². The predicted molar refractivity (Wildman–Crippen MR) is 60.2 cm³/mol. The van der Waals surface area contributed by atoms with Gasteiger partial charge in [-0.25, -0.2) is 0 Å². The van der Waals surface area contributed by atoms with E-state index in [0.29, 0.717) is 5.92 Å². The molecule has 1 fully saturated rings. The highest BCUT2D eigenvalue weighted by atomic mass is 19.4. The summed E-state index contributed by atoms with van der Waals surface area (Å²) in [5.74, 6) is 0.614. The second-order valence-corrected chi connectivity index (χ2v) is 4.61. The van der Waals surface area contributed by atoms with E-state index in [1.807, 2.05) is 0 Å². The molecule has 16 heavy (non-hydrogen) atoms. The van der Waals surface area contributed by atoms with Crippen LogP contribution in [-0.4, -0.2) is 19.7 Å². The Morgan fingerprint density at radius 2 is 2.06 bits per heavy atom. The van der Waals surface area contributed by atoms with Crippen LogP contribution in [0.2, 0.25) is 0 Å². The highest BCUT2D eigenvalue weighted by Crippen LogP contribution is 2.29. The first-order chi connectivity index (χ1) is 7.43. The molecule has 0 aromatic rings. The van der Waals surface area contributed by atoms with E-state index in [0.717, 1.165) is 25.7 Å². The van der Waals surface area contributed by atoms with Crippen molar-refractivity contribution in [2.24, 2.45) is 5.92 Å². The summed E-state index contributed by atoms with van der Waals surface area (Å²) in [4.78, 5) is 0. The van der Waals surface area contributed by atoms with Gasteiger partial charge in [0.2, 0.25) is 0 Å². The van der Waals surface area contributed by atoms with Crippen LogP contribution in [0.3, 0.4) is 0 Å². The van der Waals surface area contributed by atoms with Crippen LogP contribution in [0.25, 0.3) is 0 Å². The lowest BCUT2D eigenvalue weighted by atomic mass is 9.81. The fraction of sp³-hybridized carbons (Fsp3) is 0.818.